The van der Waals surface area contributed by atoms with Crippen LogP contribution in [0.5, 0.6) is 11.5 Å². The molecule has 0 amide bonds. The Labute approximate surface area is 240 Å². The quantitative estimate of drug-likeness (QED) is 0.246. The third-order valence-electron chi connectivity index (χ3n) is 6.08. The number of hydrogen-bond acceptors (Lipinski definition) is 8. The molecule has 2 aromatic carbocycles. The molecule has 2 unspecified atom stereocenters. The fraction of sp³-hybridized carbons (Fsp3) is 0.536. The van der Waals surface area contributed by atoms with E-state index in [1.165, 1.54) is 22.5 Å². The molecule has 0 bridgehead atoms. The van der Waals surface area contributed by atoms with Gasteiger partial charge in [0.25, 0.3) is 0 Å². The highest BCUT2D eigenvalue weighted by atomic mass is 32.2. The number of rotatable bonds is 18. The highest BCUT2D eigenvalue weighted by molar-refractivity contribution is 7.89. The third kappa shape index (κ3) is 12.7. The van der Waals surface area contributed by atoms with Gasteiger partial charge in [0.2, 0.25) is 10.0 Å². The molecule has 13 heteroatoms. The number of carbonyl (C=O) groups excluding carboxylic acids is 1. The van der Waals surface area contributed by atoms with Crippen LogP contribution in [0.3, 0.4) is 0 Å². The molecular formula is C28H40F3N3O6S. The molecule has 0 saturated heterocycles. The first-order chi connectivity index (χ1) is 19.4. The van der Waals surface area contributed by atoms with Crippen molar-refractivity contribution in [2.45, 2.75) is 64.6 Å². The number of alkyl halides is 3. The molecule has 0 aliphatic carbocycles. The second kappa shape index (κ2) is 16.5. The topological polar surface area (TPSA) is 120 Å². The van der Waals surface area contributed by atoms with Gasteiger partial charge in [-0.25, -0.2) is 12.7 Å². The van der Waals surface area contributed by atoms with Gasteiger partial charge in [-0.15, -0.1) is 13.2 Å². The van der Waals surface area contributed by atoms with Gasteiger partial charge in [-0.05, 0) is 54.7 Å². The van der Waals surface area contributed by atoms with Crippen molar-refractivity contribution >= 4 is 16.0 Å². The standard InChI is InChI=1S/C28H40F3N3O6S/c1-4-13-34(14-5-2)41(36,37)15-12-27(35)39-26(20-33-19-22-9-7-10-23(17-22)38-3)25(32)18-21-8-6-11-24(16-21)40-28(29,30)31/h6-11,16-17,25-26,33H,4-5,12-15,18-20,32H2,1-3H3. The summed E-state index contributed by atoms with van der Waals surface area (Å²) in [5.74, 6) is -0.853. The van der Waals surface area contributed by atoms with Crippen molar-refractivity contribution in [3.8, 4) is 11.5 Å². The predicted molar refractivity (Wildman–Crippen MR) is 150 cm³/mol. The second-order valence-electron chi connectivity index (χ2n) is 9.54. The summed E-state index contributed by atoms with van der Waals surface area (Å²) in [6.07, 6.45) is -4.73. The van der Waals surface area contributed by atoms with E-state index in [1.54, 1.807) is 19.2 Å². The van der Waals surface area contributed by atoms with Gasteiger partial charge in [0.05, 0.1) is 19.3 Å². The smallest absolute Gasteiger partial charge is 0.497 e. The molecule has 0 radical (unpaired) electrons. The molecule has 0 aromatic heterocycles. The summed E-state index contributed by atoms with van der Waals surface area (Å²) in [5, 5.41) is 3.18. The Bertz CT molecular complexity index is 1190. The van der Waals surface area contributed by atoms with E-state index in [-0.39, 0.29) is 25.1 Å². The van der Waals surface area contributed by atoms with E-state index >= 15 is 0 Å². The average Bonchev–Trinajstić information content (AvgIpc) is 2.90. The van der Waals surface area contributed by atoms with E-state index in [4.69, 9.17) is 15.2 Å². The minimum atomic E-state index is -4.84. The summed E-state index contributed by atoms with van der Waals surface area (Å²) in [6.45, 7) is 5.00. The van der Waals surface area contributed by atoms with E-state index in [1.807, 2.05) is 32.0 Å². The first kappa shape index (κ1) is 34.3. The van der Waals surface area contributed by atoms with Crippen molar-refractivity contribution < 1.29 is 40.6 Å². The molecule has 0 aliphatic heterocycles. The molecule has 2 atom stereocenters. The minimum absolute atomic E-state index is 0.0763. The SMILES string of the molecule is CCCN(CCC)S(=O)(=O)CCC(=O)OC(CNCc1cccc(OC)c1)C(N)Cc1cccc(OC(F)(F)F)c1. The first-order valence-corrected chi connectivity index (χ1v) is 15.1. The molecule has 41 heavy (non-hydrogen) atoms. The molecular weight excluding hydrogens is 563 g/mol. The number of ether oxygens (including phenoxy) is 3. The van der Waals surface area contributed by atoms with Crippen molar-refractivity contribution in [2.75, 3.05) is 32.5 Å². The number of sulfonamides is 1. The summed E-state index contributed by atoms with van der Waals surface area (Å²) in [4.78, 5) is 12.8. The highest BCUT2D eigenvalue weighted by Gasteiger charge is 2.31. The third-order valence-corrected chi connectivity index (χ3v) is 7.95. The van der Waals surface area contributed by atoms with Crippen LogP contribution in [0.25, 0.3) is 0 Å². The Morgan fingerprint density at radius 3 is 2.24 bits per heavy atom. The Morgan fingerprint density at radius 1 is 1.02 bits per heavy atom. The van der Waals surface area contributed by atoms with Gasteiger partial charge >= 0.3 is 12.3 Å². The molecule has 0 fully saturated rings. The van der Waals surface area contributed by atoms with Crippen LogP contribution in [-0.2, 0) is 32.5 Å². The van der Waals surface area contributed by atoms with E-state index in [2.05, 4.69) is 10.1 Å². The lowest BCUT2D eigenvalue weighted by molar-refractivity contribution is -0.274. The van der Waals surface area contributed by atoms with Crippen molar-refractivity contribution in [1.82, 2.24) is 9.62 Å². The molecule has 3 N–H and O–H groups in total. The Balaban J connectivity index is 2.11. The van der Waals surface area contributed by atoms with Crippen molar-refractivity contribution in [3.63, 3.8) is 0 Å². The zero-order valence-electron chi connectivity index (χ0n) is 23.7. The molecule has 2 aromatic rings. The molecule has 230 valence electrons. The number of halogens is 3. The first-order valence-electron chi connectivity index (χ1n) is 13.5. The average molecular weight is 604 g/mol. The van der Waals surface area contributed by atoms with Crippen molar-refractivity contribution in [3.05, 3.63) is 59.7 Å². The van der Waals surface area contributed by atoms with Gasteiger partial charge in [-0.2, -0.15) is 0 Å². The van der Waals surface area contributed by atoms with Crippen LogP contribution >= 0.6 is 0 Å². The van der Waals surface area contributed by atoms with Crippen molar-refractivity contribution in [2.24, 2.45) is 5.73 Å². The van der Waals surface area contributed by atoms with Crippen LogP contribution in [0.4, 0.5) is 13.2 Å². The monoisotopic (exact) mass is 603 g/mol. The summed E-state index contributed by atoms with van der Waals surface area (Å²) < 4.78 is 79.7. The van der Waals surface area contributed by atoms with Gasteiger partial charge in [0.1, 0.15) is 17.6 Å². The molecule has 2 rings (SSSR count). The molecule has 0 spiro atoms. The van der Waals surface area contributed by atoms with Crippen LogP contribution in [0.2, 0.25) is 0 Å². The minimum Gasteiger partial charge on any atom is -0.497 e. The number of nitrogens with two attached hydrogens (primary N) is 1. The number of methoxy groups -OCH3 is 1. The summed E-state index contributed by atoms with van der Waals surface area (Å²) in [7, 11) is -2.10. The molecule has 0 aliphatic rings. The van der Waals surface area contributed by atoms with E-state index in [9.17, 15) is 26.4 Å². The number of nitrogens with zero attached hydrogens (tertiary/aromatic N) is 1. The Morgan fingerprint density at radius 2 is 1.63 bits per heavy atom. The van der Waals surface area contributed by atoms with Crippen LogP contribution in [-0.4, -0.2) is 69.7 Å². The normalized spacial score (nSPS) is 13.6. The van der Waals surface area contributed by atoms with E-state index in [0.29, 0.717) is 43.8 Å². The number of carbonyl (C=O) groups is 1. The maximum Gasteiger partial charge on any atom is 0.573 e. The zero-order valence-corrected chi connectivity index (χ0v) is 24.5. The van der Waals surface area contributed by atoms with Crippen molar-refractivity contribution in [1.29, 1.82) is 0 Å². The van der Waals surface area contributed by atoms with E-state index < -0.39 is 40.3 Å². The number of benzene rings is 2. The zero-order chi connectivity index (χ0) is 30.5. The number of esters is 1. The lowest BCUT2D eigenvalue weighted by Gasteiger charge is -2.25. The van der Waals surface area contributed by atoms with Gasteiger partial charge < -0.3 is 25.3 Å². The Hall–Kier alpha value is -2.87. The summed E-state index contributed by atoms with van der Waals surface area (Å²) in [6, 6.07) is 11.9. The molecule has 9 nitrogen and oxygen atoms in total. The van der Waals surface area contributed by atoms with Gasteiger partial charge in [0.15, 0.2) is 0 Å². The van der Waals surface area contributed by atoms with Gasteiger partial charge in [-0.3, -0.25) is 4.79 Å². The van der Waals surface area contributed by atoms with Gasteiger partial charge in [0, 0.05) is 32.2 Å². The number of hydrogen-bond donors (Lipinski definition) is 2. The fourth-order valence-corrected chi connectivity index (χ4v) is 5.76. The maximum atomic E-state index is 12.8. The van der Waals surface area contributed by atoms with Crippen LogP contribution < -0.4 is 20.5 Å². The Kier molecular flexibility index (Phi) is 13.9. The highest BCUT2D eigenvalue weighted by Crippen LogP contribution is 2.24. The summed E-state index contributed by atoms with van der Waals surface area (Å²) in [5.41, 5.74) is 7.73. The van der Waals surface area contributed by atoms with Crippen LogP contribution in [0.1, 0.15) is 44.2 Å². The van der Waals surface area contributed by atoms with Gasteiger partial charge in [-0.1, -0.05) is 38.1 Å². The maximum absolute atomic E-state index is 12.8. The molecule has 0 saturated carbocycles. The second-order valence-corrected chi connectivity index (χ2v) is 11.6. The van der Waals surface area contributed by atoms with E-state index in [0.717, 1.165) is 5.56 Å². The largest absolute Gasteiger partial charge is 0.573 e. The lowest BCUT2D eigenvalue weighted by Crippen LogP contribution is -2.46. The van der Waals surface area contributed by atoms with Crippen LogP contribution in [0.15, 0.2) is 48.5 Å². The number of nitrogens with one attached hydrogen (secondary N) is 1. The molecule has 0 heterocycles. The van der Waals surface area contributed by atoms with Crippen LogP contribution in [0, 0.1) is 0 Å². The summed E-state index contributed by atoms with van der Waals surface area (Å²) >= 11 is 0. The predicted octanol–water partition coefficient (Wildman–Crippen LogP) is 4.01. The fourth-order valence-electron chi connectivity index (χ4n) is 4.15. The lowest BCUT2D eigenvalue weighted by atomic mass is 10.0.